The van der Waals surface area contributed by atoms with Gasteiger partial charge in [0.1, 0.15) is 53.0 Å². The van der Waals surface area contributed by atoms with Crippen LogP contribution in [0.15, 0.2) is 206 Å². The number of pyridine rings is 3. The molecule has 29 heteroatoms. The largest absolute Gasteiger partial charge is 0.476 e. The highest BCUT2D eigenvalue weighted by atomic mass is 32.2. The smallest absolute Gasteiger partial charge is 0.435 e. The fourth-order valence-corrected chi connectivity index (χ4v) is 18.6. The summed E-state index contributed by atoms with van der Waals surface area (Å²) in [5.74, 6) is -8.38. The minimum absolute atomic E-state index is 0.00429. The SMILES string of the molecule is CS(=O)(=O)c1cccc(-c2cccnc2[C@@H](CC(=O)Cc2c[nH]c3ccc(F)cc23)Cc2cc(F)cc(F)c2)c1.Cc1cc(F)cc(C[C@H](NC(=O)Cn2nc(C(=O)O)c3c2C2CCC3C2)c2ncccc2-c2ccc(F)c(C(N)=O)c2)c1.O=C(C[C@@H](Cc1cc(F)cc(F)c1)c1ncccc1-c1ccc2c(c1)C=CC2)Cn1nc(C(F)(F)F)c2c1CCCC2. The van der Waals surface area contributed by atoms with Gasteiger partial charge in [0.05, 0.1) is 40.1 Å². The summed E-state index contributed by atoms with van der Waals surface area (Å²) < 4.78 is 167. The predicted octanol–water partition coefficient (Wildman–Crippen LogP) is 19.0. The normalized spacial score (nSPS) is 15.0. The van der Waals surface area contributed by atoms with Crippen LogP contribution in [0.1, 0.15) is 180 Å². The quantitative estimate of drug-likeness (QED) is 0.0368. The number of H-pyrrole nitrogens is 1. The highest BCUT2D eigenvalue weighted by Gasteiger charge is 2.45. The summed E-state index contributed by atoms with van der Waals surface area (Å²) in [6.45, 7) is 1.24. The zero-order chi connectivity index (χ0) is 88.3. The molecule has 5 atom stereocenters. The molecule has 4 aliphatic rings. The van der Waals surface area contributed by atoms with E-state index in [-0.39, 0.29) is 103 Å². The number of nitrogens with zero attached hydrogens (tertiary/aromatic N) is 7. The second kappa shape index (κ2) is 36.6. The molecule has 0 radical (unpaired) electrons. The van der Waals surface area contributed by atoms with Gasteiger partial charge in [0.25, 0.3) is 5.91 Å². The van der Waals surface area contributed by atoms with Crippen molar-refractivity contribution < 1.29 is 81.4 Å². The average Bonchev–Trinajstić information content (AvgIpc) is 1.57. The maximum Gasteiger partial charge on any atom is 0.435 e. The van der Waals surface area contributed by atoms with Crippen molar-refractivity contribution >= 4 is 56.2 Å². The number of carbonyl (C=O) groups is 5. The Kier molecular flexibility index (Phi) is 25.4. The zero-order valence-electron chi connectivity index (χ0n) is 67.5. The number of aromatic amines is 1. The number of fused-ring (bicyclic) bond motifs is 8. The number of aromatic nitrogens is 8. The Morgan fingerprint density at radius 3 is 1.83 bits per heavy atom. The number of rotatable bonds is 26. The lowest BCUT2D eigenvalue weighted by Crippen LogP contribution is -2.34. The monoisotopic (exact) mass is 1720 g/mol. The number of allylic oxidation sites excluding steroid dienone is 1. The number of alkyl halides is 3. The number of hydrogen-bond donors (Lipinski definition) is 4. The number of sulfone groups is 1. The van der Waals surface area contributed by atoms with Gasteiger partial charge in [0, 0.05) is 130 Å². The predicted molar refractivity (Wildman–Crippen MR) is 448 cm³/mol. The van der Waals surface area contributed by atoms with Crippen molar-refractivity contribution in [2.45, 2.75) is 151 Å². The first-order chi connectivity index (χ1) is 59.8. The molecule has 640 valence electrons. The van der Waals surface area contributed by atoms with Crippen molar-refractivity contribution in [3.05, 3.63) is 337 Å². The number of ketones is 2. The fourth-order valence-electron chi connectivity index (χ4n) is 17.9. The summed E-state index contributed by atoms with van der Waals surface area (Å²) in [6.07, 6.45) is 12.9. The number of benzene rings is 7. The first-order valence-corrected chi connectivity index (χ1v) is 42.5. The summed E-state index contributed by atoms with van der Waals surface area (Å²) >= 11 is 0. The van der Waals surface area contributed by atoms with Crippen LogP contribution in [0.3, 0.4) is 0 Å². The molecule has 1 fully saturated rings. The molecular weight excluding hydrogens is 1640 g/mol. The van der Waals surface area contributed by atoms with E-state index >= 15 is 0 Å². The van der Waals surface area contributed by atoms with Crippen LogP contribution in [0, 0.1) is 47.6 Å². The number of hydrogen-bond acceptors (Lipinski definition) is 12. The minimum atomic E-state index is -4.60. The molecule has 4 aliphatic carbocycles. The van der Waals surface area contributed by atoms with Crippen molar-refractivity contribution in [3.63, 3.8) is 0 Å². The molecule has 18 nitrogen and oxygen atoms in total. The third kappa shape index (κ3) is 20.0. The Morgan fingerprint density at radius 1 is 0.608 bits per heavy atom. The lowest BCUT2D eigenvalue weighted by molar-refractivity contribution is -0.142. The number of aromatic carboxylic acids is 1. The van der Waals surface area contributed by atoms with E-state index in [1.807, 2.05) is 30.3 Å². The number of primary amides is 1. The van der Waals surface area contributed by atoms with Gasteiger partial charge in [-0.25, -0.2) is 43.9 Å². The minimum Gasteiger partial charge on any atom is -0.476 e. The first-order valence-electron chi connectivity index (χ1n) is 40.6. The van der Waals surface area contributed by atoms with E-state index in [4.69, 9.17) is 5.73 Å². The number of nitrogens with one attached hydrogen (secondary N) is 2. The molecule has 2 bridgehead atoms. The van der Waals surface area contributed by atoms with E-state index < -0.39 is 98.1 Å². The fraction of sp³-hybridized carbons (Fsp3) is 0.250. The maximum absolute atomic E-state index is 14.4. The van der Waals surface area contributed by atoms with Crippen LogP contribution in [0.5, 0.6) is 0 Å². The van der Waals surface area contributed by atoms with Crippen LogP contribution in [0.4, 0.5) is 43.9 Å². The van der Waals surface area contributed by atoms with Crippen molar-refractivity contribution in [2.75, 3.05) is 6.26 Å². The lowest BCUT2D eigenvalue weighted by Gasteiger charge is -2.22. The van der Waals surface area contributed by atoms with E-state index in [9.17, 15) is 81.4 Å². The van der Waals surface area contributed by atoms with E-state index in [0.717, 1.165) is 84.5 Å². The Morgan fingerprint density at radius 2 is 1.20 bits per heavy atom. The Labute approximate surface area is 711 Å². The molecule has 17 rings (SSSR count). The standard InChI is InChI=1S/C33H28F5N3O.C32H29F2N5O4.C31H25F3N2O3S/c34-25-14-20(15-26(35)18-25)13-24(31-28(8-4-12-39-31)23-11-10-21-5-3-6-22(21)16-23)17-27(42)19-41-30-9-2-1-7-29(30)32(40-41)33(36,37)38;1-16-9-17(11-21(33)10-16)12-25(28-22(3-2-8-36-28)18-6-7-24(34)23(14-18)31(35)41)37-26(40)15-39-30-20-5-4-19(13-20)27(30)29(38-39)32(42)43;1-40(38,39)27-5-2-4-20(15-27)28-6-3-9-35-31(28)21(10-19-11-24(33)16-25(34)12-19)13-26(37)14-22-18-36-30-8-7-23(32)17-29(22)30/h3-4,6,8,10-12,14-16,18,24H,1-2,5,7,9,13,17,19H2;2-3,6-11,14,19-20,25H,4-5,12-13,15H2,1H3,(H2,35,41)(H,37,40)(H,42,43);2-9,11-12,15-18,21,36H,10,13-14H2,1H3/t24-;19?,20?,25-;21-/m101/s1. The summed E-state index contributed by atoms with van der Waals surface area (Å²) in [5, 5.41) is 21.5. The Balaban J connectivity index is 0.000000145. The number of aryl methyl sites for hydroxylation is 1. The molecular formula is C96H82F10N10O8S. The van der Waals surface area contributed by atoms with Crippen molar-refractivity contribution in [1.29, 1.82) is 0 Å². The zero-order valence-corrected chi connectivity index (χ0v) is 68.3. The lowest BCUT2D eigenvalue weighted by atomic mass is 9.86. The highest BCUT2D eigenvalue weighted by molar-refractivity contribution is 7.90. The third-order valence-corrected chi connectivity index (χ3v) is 24.3. The van der Waals surface area contributed by atoms with Gasteiger partial charge in [-0.15, -0.1) is 0 Å². The molecule has 6 aromatic heterocycles. The van der Waals surface area contributed by atoms with Crippen LogP contribution in [-0.4, -0.2) is 88.6 Å². The second-order valence-electron chi connectivity index (χ2n) is 32.1. The van der Waals surface area contributed by atoms with E-state index in [2.05, 4.69) is 47.6 Å². The molecule has 6 heterocycles. The van der Waals surface area contributed by atoms with Gasteiger partial charge >= 0.3 is 12.1 Å². The molecule has 0 spiro atoms. The number of Topliss-reactive ketones (excluding diaryl/α,β-unsaturated/α-hetero) is 2. The van der Waals surface area contributed by atoms with Gasteiger partial charge in [-0.05, 0) is 242 Å². The molecule has 0 saturated heterocycles. The topological polar surface area (TPSA) is 268 Å². The number of carboxylic acid groups (broad SMARTS) is 1. The van der Waals surface area contributed by atoms with Crippen LogP contribution >= 0.6 is 0 Å². The van der Waals surface area contributed by atoms with Crippen molar-refractivity contribution in [3.8, 4) is 33.4 Å². The van der Waals surface area contributed by atoms with Gasteiger partial charge in [0.2, 0.25) is 5.91 Å². The third-order valence-electron chi connectivity index (χ3n) is 23.2. The summed E-state index contributed by atoms with van der Waals surface area (Å²) in [4.78, 5) is 81.3. The molecule has 125 heavy (non-hydrogen) atoms. The Hall–Kier alpha value is -13.3. The van der Waals surface area contributed by atoms with E-state index in [0.29, 0.717) is 96.6 Å². The summed E-state index contributed by atoms with van der Waals surface area (Å²) in [7, 11) is -3.48. The number of amides is 2. The van der Waals surface area contributed by atoms with Crippen molar-refractivity contribution in [1.82, 2.24) is 44.8 Å². The molecule has 2 unspecified atom stereocenters. The number of carboxylic acids is 1. The van der Waals surface area contributed by atoms with E-state index in [1.54, 1.807) is 80.2 Å². The van der Waals surface area contributed by atoms with Gasteiger partial charge in [-0.3, -0.25) is 43.5 Å². The molecule has 2 amide bonds. The number of carbonyl (C=O) groups excluding carboxylic acids is 4. The molecule has 13 aromatic rings. The van der Waals surface area contributed by atoms with Crippen LogP contribution in [0.25, 0.3) is 50.4 Å². The van der Waals surface area contributed by atoms with Gasteiger partial charge < -0.3 is 21.1 Å². The maximum atomic E-state index is 14.4. The second-order valence-corrected chi connectivity index (χ2v) is 34.1. The van der Waals surface area contributed by atoms with Gasteiger partial charge in [0.15, 0.2) is 27.0 Å². The molecule has 7 aromatic carbocycles. The average molecular weight is 1730 g/mol. The molecule has 1 saturated carbocycles. The summed E-state index contributed by atoms with van der Waals surface area (Å²) in [6, 6.07) is 41.6. The van der Waals surface area contributed by atoms with Crippen LogP contribution in [-0.2, 0) is 88.4 Å². The molecule has 5 N–H and O–H groups in total. The van der Waals surface area contributed by atoms with Gasteiger partial charge in [-0.1, -0.05) is 66.7 Å². The molecule has 0 aliphatic heterocycles. The highest BCUT2D eigenvalue weighted by Crippen LogP contribution is 2.54. The Bertz CT molecular complexity index is 6480. The number of nitrogens with two attached hydrogens (primary N) is 1. The summed E-state index contributed by atoms with van der Waals surface area (Å²) in [5.41, 5.74) is 17.3. The van der Waals surface area contributed by atoms with Gasteiger partial charge in [-0.2, -0.15) is 23.4 Å². The van der Waals surface area contributed by atoms with E-state index in [1.165, 1.54) is 87.7 Å². The van der Waals surface area contributed by atoms with Crippen LogP contribution < -0.4 is 11.1 Å². The first kappa shape index (κ1) is 86.6. The van der Waals surface area contributed by atoms with Crippen molar-refractivity contribution in [2.24, 2.45) is 5.73 Å². The number of halogens is 10. The van der Waals surface area contributed by atoms with Crippen LogP contribution in [0.2, 0.25) is 0 Å².